The van der Waals surface area contributed by atoms with E-state index < -0.39 is 0 Å². The van der Waals surface area contributed by atoms with E-state index in [2.05, 4.69) is 10.6 Å². The molecule has 2 amide bonds. The van der Waals surface area contributed by atoms with Crippen molar-refractivity contribution < 1.29 is 14.3 Å². The Balaban J connectivity index is 1.91. The third-order valence-corrected chi connectivity index (χ3v) is 3.55. The van der Waals surface area contributed by atoms with Gasteiger partial charge in [-0.1, -0.05) is 12.1 Å². The minimum absolute atomic E-state index is 0.279. The average Bonchev–Trinajstić information content (AvgIpc) is 2.60. The standard InChI is InChI=1S/C18H23N3O3/c1-21(2)15-8-5-13(6-9-15)12-19-18(22)20-14-7-10-16(23-3)17(11-14)24-4/h5-11H,12H2,1-4H3,(H2,19,20,22). The normalized spacial score (nSPS) is 10.0. The fourth-order valence-corrected chi connectivity index (χ4v) is 2.18. The van der Waals surface area contributed by atoms with Crippen LogP contribution in [0.2, 0.25) is 0 Å². The minimum Gasteiger partial charge on any atom is -0.493 e. The van der Waals surface area contributed by atoms with E-state index in [1.54, 1.807) is 32.4 Å². The van der Waals surface area contributed by atoms with Crippen molar-refractivity contribution in [3.63, 3.8) is 0 Å². The SMILES string of the molecule is COc1ccc(NC(=O)NCc2ccc(N(C)C)cc2)cc1OC. The molecule has 0 radical (unpaired) electrons. The van der Waals surface area contributed by atoms with Crippen LogP contribution in [0.15, 0.2) is 42.5 Å². The first-order valence-corrected chi connectivity index (χ1v) is 7.56. The van der Waals surface area contributed by atoms with Crippen LogP contribution in [-0.2, 0) is 6.54 Å². The van der Waals surface area contributed by atoms with Crippen LogP contribution in [-0.4, -0.2) is 34.3 Å². The molecular weight excluding hydrogens is 306 g/mol. The Labute approximate surface area is 142 Å². The number of nitrogens with one attached hydrogen (secondary N) is 2. The first kappa shape index (κ1) is 17.5. The number of carbonyl (C=O) groups excluding carboxylic acids is 1. The maximum Gasteiger partial charge on any atom is 0.319 e. The van der Waals surface area contributed by atoms with Crippen LogP contribution in [0.3, 0.4) is 0 Å². The summed E-state index contributed by atoms with van der Waals surface area (Å²) in [7, 11) is 7.10. The maximum absolute atomic E-state index is 12.0. The first-order valence-electron chi connectivity index (χ1n) is 7.56. The van der Waals surface area contributed by atoms with Crippen molar-refractivity contribution in [2.24, 2.45) is 0 Å². The molecule has 0 heterocycles. The number of urea groups is 1. The number of carbonyl (C=O) groups is 1. The first-order chi connectivity index (χ1) is 11.5. The van der Waals surface area contributed by atoms with Crippen molar-refractivity contribution in [1.82, 2.24) is 5.32 Å². The van der Waals surface area contributed by atoms with Crippen molar-refractivity contribution in [1.29, 1.82) is 0 Å². The zero-order chi connectivity index (χ0) is 17.5. The van der Waals surface area contributed by atoms with Gasteiger partial charge in [0, 0.05) is 38.1 Å². The van der Waals surface area contributed by atoms with E-state index in [0.29, 0.717) is 23.7 Å². The summed E-state index contributed by atoms with van der Waals surface area (Å²) in [6, 6.07) is 13.0. The topological polar surface area (TPSA) is 62.8 Å². The van der Waals surface area contributed by atoms with Gasteiger partial charge in [0.25, 0.3) is 0 Å². The highest BCUT2D eigenvalue weighted by Gasteiger charge is 2.07. The lowest BCUT2D eigenvalue weighted by Gasteiger charge is -2.13. The molecule has 0 unspecified atom stereocenters. The zero-order valence-corrected chi connectivity index (χ0v) is 14.4. The number of benzene rings is 2. The van der Waals surface area contributed by atoms with E-state index in [4.69, 9.17) is 9.47 Å². The number of ether oxygens (including phenoxy) is 2. The summed E-state index contributed by atoms with van der Waals surface area (Å²) in [5.41, 5.74) is 2.78. The van der Waals surface area contributed by atoms with Gasteiger partial charge in [0.2, 0.25) is 0 Å². The van der Waals surface area contributed by atoms with Gasteiger partial charge < -0.3 is 25.0 Å². The molecule has 0 spiro atoms. The van der Waals surface area contributed by atoms with Gasteiger partial charge >= 0.3 is 6.03 Å². The number of hydrogen-bond donors (Lipinski definition) is 2. The third-order valence-electron chi connectivity index (χ3n) is 3.55. The van der Waals surface area contributed by atoms with Gasteiger partial charge in [0.1, 0.15) is 0 Å². The lowest BCUT2D eigenvalue weighted by atomic mass is 10.2. The number of rotatable bonds is 6. The number of hydrogen-bond acceptors (Lipinski definition) is 4. The van der Waals surface area contributed by atoms with Crippen molar-refractivity contribution in [3.8, 4) is 11.5 Å². The van der Waals surface area contributed by atoms with Gasteiger partial charge in [-0.3, -0.25) is 0 Å². The Morgan fingerprint density at radius 2 is 1.67 bits per heavy atom. The van der Waals surface area contributed by atoms with Gasteiger partial charge in [-0.15, -0.1) is 0 Å². The Morgan fingerprint density at radius 1 is 1.00 bits per heavy atom. The maximum atomic E-state index is 12.0. The summed E-state index contributed by atoms with van der Waals surface area (Å²) in [6.07, 6.45) is 0. The Morgan fingerprint density at radius 3 is 2.25 bits per heavy atom. The minimum atomic E-state index is -0.279. The molecule has 6 nitrogen and oxygen atoms in total. The van der Waals surface area contributed by atoms with Gasteiger partial charge in [0.05, 0.1) is 14.2 Å². The van der Waals surface area contributed by atoms with E-state index in [9.17, 15) is 4.79 Å². The van der Waals surface area contributed by atoms with Gasteiger partial charge in [0.15, 0.2) is 11.5 Å². The molecule has 6 heteroatoms. The van der Waals surface area contributed by atoms with E-state index in [1.165, 1.54) is 0 Å². The molecule has 0 fully saturated rings. The summed E-state index contributed by atoms with van der Waals surface area (Å²) in [5.74, 6) is 1.18. The summed E-state index contributed by atoms with van der Waals surface area (Å²) < 4.78 is 10.4. The molecule has 0 aliphatic heterocycles. The summed E-state index contributed by atoms with van der Waals surface area (Å²) in [6.45, 7) is 0.451. The van der Waals surface area contributed by atoms with Crippen molar-refractivity contribution in [2.45, 2.75) is 6.54 Å². The fraction of sp³-hybridized carbons (Fsp3) is 0.278. The van der Waals surface area contributed by atoms with E-state index in [1.807, 2.05) is 43.3 Å². The van der Waals surface area contributed by atoms with Crippen LogP contribution < -0.4 is 25.0 Å². The Hall–Kier alpha value is -2.89. The van der Waals surface area contributed by atoms with Crippen LogP contribution in [0.25, 0.3) is 0 Å². The monoisotopic (exact) mass is 329 g/mol. The lowest BCUT2D eigenvalue weighted by Crippen LogP contribution is -2.28. The molecule has 0 aromatic heterocycles. The molecule has 24 heavy (non-hydrogen) atoms. The highest BCUT2D eigenvalue weighted by Crippen LogP contribution is 2.29. The number of amides is 2. The molecule has 128 valence electrons. The molecule has 0 saturated heterocycles. The predicted molar refractivity (Wildman–Crippen MR) is 96.2 cm³/mol. The van der Waals surface area contributed by atoms with E-state index in [0.717, 1.165) is 11.3 Å². The predicted octanol–water partition coefficient (Wildman–Crippen LogP) is 3.09. The number of anilines is 2. The molecule has 2 aromatic rings. The van der Waals surface area contributed by atoms with E-state index >= 15 is 0 Å². The smallest absolute Gasteiger partial charge is 0.319 e. The molecule has 2 rings (SSSR count). The molecule has 0 saturated carbocycles. The second kappa shape index (κ2) is 8.10. The molecule has 0 aliphatic rings. The fourth-order valence-electron chi connectivity index (χ4n) is 2.18. The Kier molecular flexibility index (Phi) is 5.89. The van der Waals surface area contributed by atoms with Crippen LogP contribution in [0, 0.1) is 0 Å². The van der Waals surface area contributed by atoms with Gasteiger partial charge in [-0.25, -0.2) is 4.79 Å². The summed E-state index contributed by atoms with van der Waals surface area (Å²) in [4.78, 5) is 14.0. The van der Waals surface area contributed by atoms with E-state index in [-0.39, 0.29) is 6.03 Å². The molecule has 0 aliphatic carbocycles. The number of nitrogens with zero attached hydrogens (tertiary/aromatic N) is 1. The van der Waals surface area contributed by atoms with Crippen molar-refractivity contribution >= 4 is 17.4 Å². The average molecular weight is 329 g/mol. The Bertz CT molecular complexity index is 684. The van der Waals surface area contributed by atoms with Crippen LogP contribution in [0.5, 0.6) is 11.5 Å². The highest BCUT2D eigenvalue weighted by molar-refractivity contribution is 5.89. The van der Waals surface area contributed by atoms with Crippen LogP contribution in [0.4, 0.5) is 16.2 Å². The quantitative estimate of drug-likeness (QED) is 0.855. The highest BCUT2D eigenvalue weighted by atomic mass is 16.5. The van der Waals surface area contributed by atoms with Crippen molar-refractivity contribution in [2.75, 3.05) is 38.5 Å². The second-order valence-corrected chi connectivity index (χ2v) is 5.44. The molecule has 0 atom stereocenters. The zero-order valence-electron chi connectivity index (χ0n) is 14.4. The third kappa shape index (κ3) is 4.55. The van der Waals surface area contributed by atoms with Crippen molar-refractivity contribution in [3.05, 3.63) is 48.0 Å². The molecule has 0 bridgehead atoms. The molecule has 2 aromatic carbocycles. The molecular formula is C18H23N3O3. The summed E-state index contributed by atoms with van der Waals surface area (Å²) >= 11 is 0. The number of methoxy groups -OCH3 is 2. The van der Waals surface area contributed by atoms with Gasteiger partial charge in [-0.05, 0) is 29.8 Å². The lowest BCUT2D eigenvalue weighted by molar-refractivity contribution is 0.251. The van der Waals surface area contributed by atoms with Gasteiger partial charge in [-0.2, -0.15) is 0 Å². The van der Waals surface area contributed by atoms with Crippen LogP contribution in [0.1, 0.15) is 5.56 Å². The largest absolute Gasteiger partial charge is 0.493 e. The van der Waals surface area contributed by atoms with Crippen LogP contribution >= 0.6 is 0 Å². The summed E-state index contributed by atoms with van der Waals surface area (Å²) in [5, 5.41) is 5.60. The molecule has 2 N–H and O–H groups in total. The second-order valence-electron chi connectivity index (χ2n) is 5.44.